The molecular formula is C20H27N3O3. The number of benzene rings is 2. The molecule has 1 aliphatic rings. The molecule has 0 aromatic heterocycles. The topological polar surface area (TPSA) is 69.9 Å². The molecule has 3 rings (SSSR count). The number of nitro benzene ring substituents is 1. The number of piperazine rings is 1. The van der Waals surface area contributed by atoms with Gasteiger partial charge in [0.05, 0.1) is 17.6 Å². The van der Waals surface area contributed by atoms with Gasteiger partial charge in [-0.05, 0) is 17.7 Å². The molecule has 6 nitrogen and oxygen atoms in total. The zero-order valence-electron chi connectivity index (χ0n) is 15.4. The normalized spacial score (nSPS) is 17.3. The molecule has 1 saturated heterocycles. The van der Waals surface area contributed by atoms with E-state index >= 15 is 0 Å². The van der Waals surface area contributed by atoms with Crippen LogP contribution in [0, 0.1) is 10.1 Å². The lowest BCUT2D eigenvalue weighted by molar-refractivity contribution is -0.384. The summed E-state index contributed by atoms with van der Waals surface area (Å²) in [4.78, 5) is 14.8. The van der Waals surface area contributed by atoms with Crippen molar-refractivity contribution in [3.05, 3.63) is 70.3 Å². The number of nitrogens with zero attached hydrogens (tertiary/aromatic N) is 3. The van der Waals surface area contributed by atoms with Gasteiger partial charge in [-0.15, -0.1) is 0 Å². The number of hydrogen-bond donors (Lipinski definition) is 1. The van der Waals surface area contributed by atoms with Gasteiger partial charge >= 0.3 is 0 Å². The third kappa shape index (κ3) is 5.03. The summed E-state index contributed by atoms with van der Waals surface area (Å²) in [6, 6.07) is 16.9. The van der Waals surface area contributed by atoms with Crippen LogP contribution in [0.5, 0.6) is 0 Å². The first-order chi connectivity index (χ1) is 12.7. The van der Waals surface area contributed by atoms with Gasteiger partial charge in [-0.3, -0.25) is 15.0 Å². The smallest absolute Gasteiger partial charge is 0.269 e. The van der Waals surface area contributed by atoms with Crippen molar-refractivity contribution < 1.29 is 10.0 Å². The molecule has 0 amide bonds. The highest BCUT2D eigenvalue weighted by Gasteiger charge is 2.26. The van der Waals surface area contributed by atoms with E-state index in [2.05, 4.69) is 21.9 Å². The largest absolute Gasteiger partial charge is 0.395 e. The lowest BCUT2D eigenvalue weighted by Crippen LogP contribution is -2.54. The Morgan fingerprint density at radius 3 is 2.31 bits per heavy atom. The minimum Gasteiger partial charge on any atom is -0.395 e. The van der Waals surface area contributed by atoms with Crippen LogP contribution in [0.1, 0.15) is 19.4 Å². The van der Waals surface area contributed by atoms with Gasteiger partial charge in [0, 0.05) is 44.0 Å². The standard InChI is InChI=1S/C18H21N3O3.C2H6/c22-14-18-13-20(16-6-8-17(9-7-16)21(23)24)11-10-19(18)12-15-4-2-1-3-5-15;1-2/h1-9,18,22H,10-14H2;1-2H3. The number of anilines is 1. The molecule has 0 aliphatic carbocycles. The fourth-order valence-electron chi connectivity index (χ4n) is 3.11. The Balaban J connectivity index is 0.00000117. The number of rotatable bonds is 5. The van der Waals surface area contributed by atoms with Crippen LogP contribution >= 0.6 is 0 Å². The van der Waals surface area contributed by atoms with Crippen molar-refractivity contribution in [1.29, 1.82) is 0 Å². The lowest BCUT2D eigenvalue weighted by atomic mass is 10.1. The Labute approximate surface area is 154 Å². The number of non-ortho nitro benzene ring substituents is 1. The van der Waals surface area contributed by atoms with Crippen LogP contribution in [0.3, 0.4) is 0 Å². The van der Waals surface area contributed by atoms with Crippen LogP contribution < -0.4 is 4.90 Å². The molecular weight excluding hydrogens is 330 g/mol. The fourth-order valence-corrected chi connectivity index (χ4v) is 3.11. The molecule has 1 N–H and O–H groups in total. The van der Waals surface area contributed by atoms with Crippen molar-refractivity contribution >= 4 is 11.4 Å². The van der Waals surface area contributed by atoms with Gasteiger partial charge < -0.3 is 10.0 Å². The molecule has 1 atom stereocenters. The van der Waals surface area contributed by atoms with Gasteiger partial charge in [0.2, 0.25) is 0 Å². The highest BCUT2D eigenvalue weighted by atomic mass is 16.6. The average Bonchev–Trinajstić information content (AvgIpc) is 2.70. The summed E-state index contributed by atoms with van der Waals surface area (Å²) < 4.78 is 0. The molecule has 1 heterocycles. The lowest BCUT2D eigenvalue weighted by Gasteiger charge is -2.41. The molecule has 6 heteroatoms. The van der Waals surface area contributed by atoms with Crippen molar-refractivity contribution in [2.45, 2.75) is 26.4 Å². The highest BCUT2D eigenvalue weighted by molar-refractivity contribution is 5.51. The molecule has 2 aromatic carbocycles. The third-order valence-corrected chi connectivity index (χ3v) is 4.47. The summed E-state index contributed by atoms with van der Waals surface area (Å²) in [5.41, 5.74) is 2.29. The molecule has 1 unspecified atom stereocenters. The summed E-state index contributed by atoms with van der Waals surface area (Å²) in [5.74, 6) is 0. The van der Waals surface area contributed by atoms with E-state index in [0.717, 1.165) is 25.3 Å². The van der Waals surface area contributed by atoms with E-state index in [1.807, 2.05) is 32.0 Å². The Morgan fingerprint density at radius 2 is 1.73 bits per heavy atom. The summed E-state index contributed by atoms with van der Waals surface area (Å²) >= 11 is 0. The second-order valence-corrected chi connectivity index (χ2v) is 6.01. The van der Waals surface area contributed by atoms with Crippen LogP contribution in [0.15, 0.2) is 54.6 Å². The number of nitro groups is 1. The Kier molecular flexibility index (Phi) is 7.56. The van der Waals surface area contributed by atoms with Crippen LogP contribution in [0.4, 0.5) is 11.4 Å². The van der Waals surface area contributed by atoms with Crippen molar-refractivity contribution in [2.75, 3.05) is 31.1 Å². The van der Waals surface area contributed by atoms with E-state index in [9.17, 15) is 15.2 Å². The molecule has 2 aromatic rings. The first kappa shape index (κ1) is 19.9. The second-order valence-electron chi connectivity index (χ2n) is 6.01. The molecule has 0 bridgehead atoms. The molecule has 1 fully saturated rings. The third-order valence-electron chi connectivity index (χ3n) is 4.47. The van der Waals surface area contributed by atoms with Crippen molar-refractivity contribution in [2.24, 2.45) is 0 Å². The minimum atomic E-state index is -0.391. The zero-order chi connectivity index (χ0) is 18.9. The highest BCUT2D eigenvalue weighted by Crippen LogP contribution is 2.23. The van der Waals surface area contributed by atoms with Crippen molar-refractivity contribution in [3.63, 3.8) is 0 Å². The molecule has 1 aliphatic heterocycles. The van der Waals surface area contributed by atoms with Crippen molar-refractivity contribution in [3.8, 4) is 0 Å². The van der Waals surface area contributed by atoms with E-state index in [0.29, 0.717) is 6.54 Å². The SMILES string of the molecule is CC.O=[N+]([O-])c1ccc(N2CCN(Cc3ccccc3)C(CO)C2)cc1. The maximum Gasteiger partial charge on any atom is 0.269 e. The predicted molar refractivity (Wildman–Crippen MR) is 104 cm³/mol. The maximum atomic E-state index is 10.8. The number of aliphatic hydroxyl groups excluding tert-OH is 1. The maximum absolute atomic E-state index is 10.8. The first-order valence-corrected chi connectivity index (χ1v) is 9.05. The quantitative estimate of drug-likeness (QED) is 0.657. The summed E-state index contributed by atoms with van der Waals surface area (Å²) in [5, 5.41) is 20.5. The van der Waals surface area contributed by atoms with Crippen LogP contribution in [0.25, 0.3) is 0 Å². The van der Waals surface area contributed by atoms with Gasteiger partial charge in [-0.2, -0.15) is 0 Å². The Hall–Kier alpha value is -2.44. The molecule has 140 valence electrons. The Bertz CT molecular complexity index is 676. The predicted octanol–water partition coefficient (Wildman–Crippen LogP) is 3.30. The van der Waals surface area contributed by atoms with E-state index in [-0.39, 0.29) is 18.3 Å². The van der Waals surface area contributed by atoms with Gasteiger partial charge in [0.25, 0.3) is 5.69 Å². The molecule has 0 saturated carbocycles. The van der Waals surface area contributed by atoms with Gasteiger partial charge in [-0.1, -0.05) is 44.2 Å². The number of aliphatic hydroxyl groups is 1. The molecule has 0 spiro atoms. The monoisotopic (exact) mass is 357 g/mol. The van der Waals surface area contributed by atoms with E-state index in [1.165, 1.54) is 17.7 Å². The Morgan fingerprint density at radius 1 is 1.08 bits per heavy atom. The van der Waals surface area contributed by atoms with Gasteiger partial charge in [0.15, 0.2) is 0 Å². The zero-order valence-corrected chi connectivity index (χ0v) is 15.4. The van der Waals surface area contributed by atoms with Crippen LogP contribution in [-0.2, 0) is 6.54 Å². The van der Waals surface area contributed by atoms with E-state index in [4.69, 9.17) is 0 Å². The van der Waals surface area contributed by atoms with E-state index < -0.39 is 4.92 Å². The molecule has 0 radical (unpaired) electrons. The van der Waals surface area contributed by atoms with Crippen LogP contribution in [0.2, 0.25) is 0 Å². The van der Waals surface area contributed by atoms with E-state index in [1.54, 1.807) is 12.1 Å². The minimum absolute atomic E-state index is 0.0501. The van der Waals surface area contributed by atoms with Crippen molar-refractivity contribution in [1.82, 2.24) is 4.90 Å². The fraction of sp³-hybridized carbons (Fsp3) is 0.400. The molecule has 26 heavy (non-hydrogen) atoms. The summed E-state index contributed by atoms with van der Waals surface area (Å²) in [6.45, 7) is 7.30. The summed E-state index contributed by atoms with van der Waals surface area (Å²) in [7, 11) is 0. The second kappa shape index (κ2) is 9.89. The van der Waals surface area contributed by atoms with Gasteiger partial charge in [-0.25, -0.2) is 0 Å². The summed E-state index contributed by atoms with van der Waals surface area (Å²) in [6.07, 6.45) is 0. The first-order valence-electron chi connectivity index (χ1n) is 9.05. The van der Waals surface area contributed by atoms with Crippen LogP contribution in [-0.4, -0.2) is 47.2 Å². The number of hydrogen-bond acceptors (Lipinski definition) is 5. The average molecular weight is 357 g/mol. The van der Waals surface area contributed by atoms with Gasteiger partial charge in [0.1, 0.15) is 0 Å².